The van der Waals surface area contributed by atoms with E-state index in [2.05, 4.69) is 24.1 Å². The molecule has 3 aliphatic rings. The number of likely N-dealkylation sites (tertiary alicyclic amines) is 1. The molecule has 2 atom stereocenters. The molecule has 2 aliphatic heterocycles. The van der Waals surface area contributed by atoms with Crippen molar-refractivity contribution < 1.29 is 0 Å². The molecule has 3 rings (SSSR count). The molecule has 0 bridgehead atoms. The molecule has 17 heavy (non-hydrogen) atoms. The molecule has 0 aromatic carbocycles. The summed E-state index contributed by atoms with van der Waals surface area (Å²) in [6.45, 7) is 7.05. The standard InChI is InChI=1S/C13H23N3S/c1-9(2)12-8-17-13(15-12)14-10-5-6-16(7-10)11-3-4-11/h9-12H,3-8H2,1-2H3,(H,14,15). The van der Waals surface area contributed by atoms with Crippen molar-refractivity contribution in [1.29, 1.82) is 0 Å². The van der Waals surface area contributed by atoms with E-state index in [0.717, 1.165) is 6.04 Å². The summed E-state index contributed by atoms with van der Waals surface area (Å²) in [4.78, 5) is 7.44. The maximum absolute atomic E-state index is 4.79. The Morgan fingerprint density at radius 2 is 2.18 bits per heavy atom. The van der Waals surface area contributed by atoms with Crippen LogP contribution >= 0.6 is 11.8 Å². The van der Waals surface area contributed by atoms with Crippen molar-refractivity contribution in [2.45, 2.75) is 51.2 Å². The average Bonchev–Trinajstić information content (AvgIpc) is 2.87. The summed E-state index contributed by atoms with van der Waals surface area (Å²) in [5, 5.41) is 4.85. The largest absolute Gasteiger partial charge is 0.361 e. The maximum atomic E-state index is 4.79. The first-order valence-corrected chi connectivity index (χ1v) is 7.92. The molecule has 2 heterocycles. The second kappa shape index (κ2) is 4.81. The minimum absolute atomic E-state index is 0.531. The van der Waals surface area contributed by atoms with Gasteiger partial charge in [-0.3, -0.25) is 9.89 Å². The second-order valence-electron chi connectivity index (χ2n) is 5.91. The average molecular weight is 253 g/mol. The molecule has 0 radical (unpaired) electrons. The topological polar surface area (TPSA) is 27.6 Å². The molecule has 96 valence electrons. The van der Waals surface area contributed by atoms with E-state index in [1.807, 2.05) is 11.8 Å². The van der Waals surface area contributed by atoms with Crippen LogP contribution in [0.5, 0.6) is 0 Å². The van der Waals surface area contributed by atoms with Crippen LogP contribution in [0.2, 0.25) is 0 Å². The Bertz CT molecular complexity index is 312. The fourth-order valence-corrected chi connectivity index (χ4v) is 3.91. The molecule has 3 nitrogen and oxygen atoms in total. The summed E-state index contributed by atoms with van der Waals surface area (Å²) in [5.74, 6) is 1.84. The van der Waals surface area contributed by atoms with E-state index in [9.17, 15) is 0 Å². The normalized spacial score (nSPS) is 34.4. The molecule has 0 amide bonds. The van der Waals surface area contributed by atoms with E-state index < -0.39 is 0 Å². The summed E-state index contributed by atoms with van der Waals surface area (Å²) in [6, 6.07) is 2.10. The summed E-state index contributed by atoms with van der Waals surface area (Å²) < 4.78 is 0. The number of amidine groups is 1. The Morgan fingerprint density at radius 3 is 2.82 bits per heavy atom. The second-order valence-corrected chi connectivity index (χ2v) is 6.92. The Hall–Kier alpha value is -0.220. The van der Waals surface area contributed by atoms with E-state index in [1.54, 1.807) is 0 Å². The van der Waals surface area contributed by atoms with Crippen LogP contribution in [0.1, 0.15) is 33.1 Å². The van der Waals surface area contributed by atoms with Gasteiger partial charge >= 0.3 is 0 Å². The molecule has 0 aromatic rings. The van der Waals surface area contributed by atoms with Crippen LogP contribution in [-0.4, -0.2) is 47.0 Å². The van der Waals surface area contributed by atoms with Gasteiger partial charge in [0.1, 0.15) is 0 Å². The smallest absolute Gasteiger partial charge is 0.157 e. The van der Waals surface area contributed by atoms with Crippen LogP contribution in [0.25, 0.3) is 0 Å². The van der Waals surface area contributed by atoms with Gasteiger partial charge < -0.3 is 5.32 Å². The lowest BCUT2D eigenvalue weighted by atomic mass is 10.1. The fourth-order valence-electron chi connectivity index (χ4n) is 2.66. The summed E-state index contributed by atoms with van der Waals surface area (Å²) in [7, 11) is 0. The Labute approximate surface area is 108 Å². The molecular weight excluding hydrogens is 230 g/mol. The minimum atomic E-state index is 0.531. The quantitative estimate of drug-likeness (QED) is 0.833. The molecule has 4 heteroatoms. The lowest BCUT2D eigenvalue weighted by Gasteiger charge is -2.16. The van der Waals surface area contributed by atoms with Crippen molar-refractivity contribution in [3.05, 3.63) is 0 Å². The SMILES string of the molecule is CC(C)C1CSC(NC2CCN(C3CC3)C2)=N1. The zero-order valence-electron chi connectivity index (χ0n) is 10.9. The van der Waals surface area contributed by atoms with Gasteiger partial charge in [-0.2, -0.15) is 0 Å². The van der Waals surface area contributed by atoms with Crippen LogP contribution in [0.3, 0.4) is 0 Å². The number of rotatable bonds is 3. The van der Waals surface area contributed by atoms with Crippen molar-refractivity contribution in [2.24, 2.45) is 10.9 Å². The van der Waals surface area contributed by atoms with E-state index in [-0.39, 0.29) is 0 Å². The number of nitrogens with zero attached hydrogens (tertiary/aromatic N) is 2. The van der Waals surface area contributed by atoms with Crippen molar-refractivity contribution in [3.63, 3.8) is 0 Å². The molecule has 1 saturated carbocycles. The van der Waals surface area contributed by atoms with Gasteiger partial charge in [0, 0.05) is 30.9 Å². The molecule has 1 N–H and O–H groups in total. The van der Waals surface area contributed by atoms with Gasteiger partial charge in [0.2, 0.25) is 0 Å². The third-order valence-electron chi connectivity index (χ3n) is 4.05. The first-order valence-electron chi connectivity index (χ1n) is 6.93. The van der Waals surface area contributed by atoms with Gasteiger partial charge in [-0.05, 0) is 25.2 Å². The highest BCUT2D eigenvalue weighted by Crippen LogP contribution is 2.30. The van der Waals surface area contributed by atoms with Gasteiger partial charge in [0.05, 0.1) is 6.04 Å². The van der Waals surface area contributed by atoms with E-state index in [4.69, 9.17) is 4.99 Å². The first kappa shape index (κ1) is 11.8. The molecule has 2 fully saturated rings. The molecule has 0 spiro atoms. The van der Waals surface area contributed by atoms with E-state index >= 15 is 0 Å². The zero-order chi connectivity index (χ0) is 11.8. The van der Waals surface area contributed by atoms with Crippen molar-refractivity contribution >= 4 is 16.9 Å². The van der Waals surface area contributed by atoms with Gasteiger partial charge in [-0.1, -0.05) is 25.6 Å². The van der Waals surface area contributed by atoms with Crippen molar-refractivity contribution in [3.8, 4) is 0 Å². The minimum Gasteiger partial charge on any atom is -0.361 e. The molecular formula is C13H23N3S. The molecule has 1 saturated heterocycles. The van der Waals surface area contributed by atoms with Gasteiger partial charge in [-0.25, -0.2) is 0 Å². The predicted molar refractivity (Wildman–Crippen MR) is 74.7 cm³/mol. The van der Waals surface area contributed by atoms with Crippen LogP contribution < -0.4 is 5.32 Å². The van der Waals surface area contributed by atoms with Crippen LogP contribution in [0, 0.1) is 5.92 Å². The van der Waals surface area contributed by atoms with Gasteiger partial charge in [0.15, 0.2) is 5.17 Å². The highest BCUT2D eigenvalue weighted by molar-refractivity contribution is 8.14. The highest BCUT2D eigenvalue weighted by Gasteiger charge is 2.35. The van der Waals surface area contributed by atoms with Crippen molar-refractivity contribution in [1.82, 2.24) is 10.2 Å². The van der Waals surface area contributed by atoms with Crippen LogP contribution in [-0.2, 0) is 0 Å². The lowest BCUT2D eigenvalue weighted by Crippen LogP contribution is -2.35. The molecule has 0 aromatic heterocycles. The van der Waals surface area contributed by atoms with E-state index in [1.165, 1.54) is 43.3 Å². The number of thioether (sulfide) groups is 1. The Kier molecular flexibility index (Phi) is 3.35. The number of nitrogens with one attached hydrogen (secondary N) is 1. The summed E-state index contributed by atoms with van der Waals surface area (Å²) >= 11 is 1.91. The first-order chi connectivity index (χ1) is 8.22. The summed E-state index contributed by atoms with van der Waals surface area (Å²) in [5.41, 5.74) is 0. The lowest BCUT2D eigenvalue weighted by molar-refractivity contribution is 0.322. The third-order valence-corrected chi connectivity index (χ3v) is 5.06. The Balaban J connectivity index is 1.49. The zero-order valence-corrected chi connectivity index (χ0v) is 11.7. The predicted octanol–water partition coefficient (Wildman–Crippen LogP) is 1.94. The van der Waals surface area contributed by atoms with E-state index in [0.29, 0.717) is 18.0 Å². The molecule has 2 unspecified atom stereocenters. The van der Waals surface area contributed by atoms with Crippen LogP contribution in [0.4, 0.5) is 0 Å². The van der Waals surface area contributed by atoms with Gasteiger partial charge in [0.25, 0.3) is 0 Å². The van der Waals surface area contributed by atoms with Gasteiger partial charge in [-0.15, -0.1) is 0 Å². The number of aliphatic imine (C=N–C) groups is 1. The molecule has 1 aliphatic carbocycles. The van der Waals surface area contributed by atoms with Crippen molar-refractivity contribution in [2.75, 3.05) is 18.8 Å². The van der Waals surface area contributed by atoms with Crippen LogP contribution in [0.15, 0.2) is 4.99 Å². The summed E-state index contributed by atoms with van der Waals surface area (Å²) in [6.07, 6.45) is 4.15. The number of hydrogen-bond donors (Lipinski definition) is 1. The fraction of sp³-hybridized carbons (Fsp3) is 0.923. The Morgan fingerprint density at radius 1 is 1.35 bits per heavy atom. The highest BCUT2D eigenvalue weighted by atomic mass is 32.2. The maximum Gasteiger partial charge on any atom is 0.157 e. The number of hydrogen-bond acceptors (Lipinski definition) is 4. The third kappa shape index (κ3) is 2.79. The monoisotopic (exact) mass is 253 g/mol.